The Hall–Kier alpha value is -0.800. The molecule has 13 heavy (non-hydrogen) atoms. The van der Waals surface area contributed by atoms with Crippen molar-refractivity contribution in [1.82, 2.24) is 0 Å². The fourth-order valence-corrected chi connectivity index (χ4v) is 1.27. The Morgan fingerprint density at radius 1 is 1.62 bits per heavy atom. The van der Waals surface area contributed by atoms with Crippen molar-refractivity contribution in [1.29, 1.82) is 0 Å². The van der Waals surface area contributed by atoms with Gasteiger partial charge in [-0.3, -0.25) is 0 Å². The van der Waals surface area contributed by atoms with E-state index in [0.717, 1.165) is 0 Å². The zero-order valence-corrected chi connectivity index (χ0v) is 7.98. The van der Waals surface area contributed by atoms with E-state index in [9.17, 15) is 4.39 Å². The van der Waals surface area contributed by atoms with E-state index >= 15 is 0 Å². The second-order valence-electron chi connectivity index (χ2n) is 3.05. The maximum absolute atomic E-state index is 13.3. The van der Waals surface area contributed by atoms with E-state index < -0.39 is 5.82 Å². The normalized spacial score (nSPS) is 12.9. The Morgan fingerprint density at radius 2 is 2.23 bits per heavy atom. The minimum atomic E-state index is -0.584. The van der Waals surface area contributed by atoms with E-state index in [4.69, 9.17) is 22.4 Å². The van der Waals surface area contributed by atoms with Crippen LogP contribution in [0.25, 0.3) is 0 Å². The molecule has 1 aromatic carbocycles. The van der Waals surface area contributed by atoms with Crippen molar-refractivity contribution < 1.29 is 9.50 Å². The number of halogens is 2. The molecule has 0 radical (unpaired) electrons. The molecular formula is C9H11ClFNO. The van der Waals surface area contributed by atoms with Gasteiger partial charge >= 0.3 is 0 Å². The maximum Gasteiger partial charge on any atom is 0.148 e. The molecule has 0 saturated carbocycles. The number of hydrogen-bond acceptors (Lipinski definition) is 2. The summed E-state index contributed by atoms with van der Waals surface area (Å²) >= 11 is 5.50. The highest BCUT2D eigenvalue weighted by atomic mass is 35.5. The lowest BCUT2D eigenvalue weighted by Gasteiger charge is -2.08. The summed E-state index contributed by atoms with van der Waals surface area (Å²) in [6.45, 7) is 1.78. The van der Waals surface area contributed by atoms with Gasteiger partial charge < -0.3 is 10.8 Å². The molecule has 0 fully saturated rings. The highest BCUT2D eigenvalue weighted by molar-refractivity contribution is 6.32. The molecule has 1 unspecified atom stereocenters. The number of benzene rings is 1. The molecule has 2 nitrogen and oxygen atoms in total. The van der Waals surface area contributed by atoms with Gasteiger partial charge in [0.05, 0.1) is 0 Å². The lowest BCUT2D eigenvalue weighted by molar-refractivity contribution is 0.467. The Balaban J connectivity index is 3.04. The molecule has 0 heterocycles. The fourth-order valence-electron chi connectivity index (χ4n) is 1.08. The quantitative estimate of drug-likeness (QED) is 0.773. The first kappa shape index (κ1) is 10.3. The molecule has 0 aromatic heterocycles. The Morgan fingerprint density at radius 3 is 2.77 bits per heavy atom. The maximum atomic E-state index is 13.3. The van der Waals surface area contributed by atoms with Gasteiger partial charge in [-0.2, -0.15) is 0 Å². The van der Waals surface area contributed by atoms with Crippen LogP contribution in [-0.2, 0) is 6.42 Å². The number of aromatic hydroxyl groups is 1. The molecule has 0 bridgehead atoms. The second-order valence-corrected chi connectivity index (χ2v) is 3.43. The lowest BCUT2D eigenvalue weighted by atomic mass is 10.1. The Kier molecular flexibility index (Phi) is 3.12. The zero-order chi connectivity index (χ0) is 10.0. The van der Waals surface area contributed by atoms with E-state index in [2.05, 4.69) is 0 Å². The van der Waals surface area contributed by atoms with Crippen LogP contribution in [0.1, 0.15) is 12.5 Å². The Labute approximate surface area is 81.1 Å². The van der Waals surface area contributed by atoms with Gasteiger partial charge in [-0.25, -0.2) is 4.39 Å². The molecule has 4 heteroatoms. The predicted molar refractivity (Wildman–Crippen MR) is 50.4 cm³/mol. The van der Waals surface area contributed by atoms with Crippen molar-refractivity contribution >= 4 is 11.6 Å². The van der Waals surface area contributed by atoms with E-state index in [1.54, 1.807) is 6.92 Å². The summed E-state index contributed by atoms with van der Waals surface area (Å²) in [6.07, 6.45) is 0.409. The summed E-state index contributed by atoms with van der Waals surface area (Å²) in [4.78, 5) is 0. The summed E-state index contributed by atoms with van der Waals surface area (Å²) in [5.74, 6) is -0.827. The van der Waals surface area contributed by atoms with Crippen LogP contribution in [0.5, 0.6) is 5.75 Å². The first-order valence-electron chi connectivity index (χ1n) is 3.93. The number of hydrogen-bond donors (Lipinski definition) is 2. The van der Waals surface area contributed by atoms with Gasteiger partial charge in [-0.1, -0.05) is 17.7 Å². The van der Waals surface area contributed by atoms with Crippen LogP contribution in [0.3, 0.4) is 0 Å². The van der Waals surface area contributed by atoms with Gasteiger partial charge in [0.1, 0.15) is 16.6 Å². The summed E-state index contributed by atoms with van der Waals surface area (Å²) in [6, 6.07) is 2.72. The summed E-state index contributed by atoms with van der Waals surface area (Å²) in [5, 5.41) is 8.82. The number of phenolic OH excluding ortho intramolecular Hbond substituents is 1. The third-order valence-corrected chi connectivity index (χ3v) is 2.04. The van der Waals surface area contributed by atoms with Crippen molar-refractivity contribution in [2.45, 2.75) is 19.4 Å². The zero-order valence-electron chi connectivity index (χ0n) is 7.22. The Bertz CT molecular complexity index is 315. The van der Waals surface area contributed by atoms with E-state index in [0.29, 0.717) is 12.0 Å². The van der Waals surface area contributed by atoms with Crippen LogP contribution in [0.2, 0.25) is 5.02 Å². The number of nitrogens with two attached hydrogens (primary N) is 1. The second kappa shape index (κ2) is 3.94. The molecule has 1 aromatic rings. The van der Waals surface area contributed by atoms with Crippen LogP contribution >= 0.6 is 11.6 Å². The highest BCUT2D eigenvalue weighted by Crippen LogP contribution is 2.28. The van der Waals surface area contributed by atoms with Gasteiger partial charge in [0, 0.05) is 6.04 Å². The van der Waals surface area contributed by atoms with Crippen molar-refractivity contribution in [3.63, 3.8) is 0 Å². The smallest absolute Gasteiger partial charge is 0.148 e. The first-order valence-corrected chi connectivity index (χ1v) is 4.31. The monoisotopic (exact) mass is 203 g/mol. The largest absolute Gasteiger partial charge is 0.506 e. The van der Waals surface area contributed by atoms with Crippen molar-refractivity contribution in [2.24, 2.45) is 5.73 Å². The average Bonchev–Trinajstić information content (AvgIpc) is 2.06. The summed E-state index contributed by atoms with van der Waals surface area (Å²) in [5.41, 5.74) is 5.94. The SMILES string of the molecule is CC(N)Cc1ccc(O)c(Cl)c1F. The van der Waals surface area contributed by atoms with Crippen LogP contribution in [-0.4, -0.2) is 11.1 Å². The first-order chi connectivity index (χ1) is 6.02. The minimum absolute atomic E-state index is 0.130. The molecule has 0 aliphatic heterocycles. The molecule has 1 atom stereocenters. The van der Waals surface area contributed by atoms with Crippen molar-refractivity contribution in [2.75, 3.05) is 0 Å². The summed E-state index contributed by atoms with van der Waals surface area (Å²) < 4.78 is 13.3. The van der Waals surface area contributed by atoms with Gasteiger partial charge in [-0.05, 0) is 25.0 Å². The molecule has 3 N–H and O–H groups in total. The number of rotatable bonds is 2. The van der Waals surface area contributed by atoms with Crippen molar-refractivity contribution in [3.05, 3.63) is 28.5 Å². The van der Waals surface area contributed by atoms with Crippen molar-refractivity contribution in [3.8, 4) is 5.75 Å². The van der Waals surface area contributed by atoms with Crippen LogP contribution < -0.4 is 5.73 Å². The minimum Gasteiger partial charge on any atom is -0.506 e. The lowest BCUT2D eigenvalue weighted by Crippen LogP contribution is -2.18. The molecular weight excluding hydrogens is 193 g/mol. The topological polar surface area (TPSA) is 46.2 Å². The third-order valence-electron chi connectivity index (χ3n) is 1.68. The molecule has 0 aliphatic rings. The average molecular weight is 204 g/mol. The van der Waals surface area contributed by atoms with E-state index in [1.165, 1.54) is 12.1 Å². The van der Waals surface area contributed by atoms with E-state index in [-0.39, 0.29) is 16.8 Å². The van der Waals surface area contributed by atoms with Crippen LogP contribution in [0.15, 0.2) is 12.1 Å². The van der Waals surface area contributed by atoms with Gasteiger partial charge in [-0.15, -0.1) is 0 Å². The fraction of sp³-hybridized carbons (Fsp3) is 0.333. The predicted octanol–water partition coefficient (Wildman–Crippen LogP) is 2.07. The third kappa shape index (κ3) is 2.32. The van der Waals surface area contributed by atoms with Gasteiger partial charge in [0.2, 0.25) is 0 Å². The van der Waals surface area contributed by atoms with Gasteiger partial charge in [0.15, 0.2) is 0 Å². The summed E-state index contributed by atoms with van der Waals surface area (Å²) in [7, 11) is 0. The van der Waals surface area contributed by atoms with Crippen LogP contribution in [0, 0.1) is 5.82 Å². The molecule has 0 aliphatic carbocycles. The molecule has 1 rings (SSSR count). The molecule has 0 spiro atoms. The molecule has 0 saturated heterocycles. The van der Waals surface area contributed by atoms with E-state index in [1.807, 2.05) is 0 Å². The number of phenols is 1. The van der Waals surface area contributed by atoms with Gasteiger partial charge in [0.25, 0.3) is 0 Å². The standard InChI is InChI=1S/C9H11ClFNO/c1-5(12)4-6-2-3-7(13)8(10)9(6)11/h2-3,5,13H,4,12H2,1H3. The highest BCUT2D eigenvalue weighted by Gasteiger charge is 2.11. The molecule has 72 valence electrons. The van der Waals surface area contributed by atoms with Crippen LogP contribution in [0.4, 0.5) is 4.39 Å². The molecule has 0 amide bonds.